The molecule has 1 aliphatic rings. The highest BCUT2D eigenvalue weighted by Crippen LogP contribution is 2.09. The van der Waals surface area contributed by atoms with Gasteiger partial charge in [0.15, 0.2) is 0 Å². The number of nitrogens with zero attached hydrogens (tertiary/aromatic N) is 4. The Labute approximate surface area is 115 Å². The van der Waals surface area contributed by atoms with E-state index >= 15 is 0 Å². The fourth-order valence-electron chi connectivity index (χ4n) is 2.47. The van der Waals surface area contributed by atoms with Gasteiger partial charge in [0.25, 0.3) is 0 Å². The highest BCUT2D eigenvalue weighted by atomic mass is 16.5. The van der Waals surface area contributed by atoms with Crippen molar-refractivity contribution in [1.82, 2.24) is 25.2 Å². The van der Waals surface area contributed by atoms with E-state index in [2.05, 4.69) is 34.4 Å². The predicted molar refractivity (Wildman–Crippen MR) is 73.8 cm³/mol. The number of hydrogen-bond donors (Lipinski definition) is 1. The third-order valence-electron chi connectivity index (χ3n) is 3.18. The molecule has 0 spiro atoms. The van der Waals surface area contributed by atoms with Crippen LogP contribution in [0.3, 0.4) is 0 Å². The summed E-state index contributed by atoms with van der Waals surface area (Å²) in [5, 5.41) is 11.3. The summed E-state index contributed by atoms with van der Waals surface area (Å²) in [6.45, 7) is 10.0. The van der Waals surface area contributed by atoms with Crippen LogP contribution >= 0.6 is 0 Å². The van der Waals surface area contributed by atoms with Crippen molar-refractivity contribution in [3.05, 3.63) is 11.9 Å². The van der Waals surface area contributed by atoms with Crippen LogP contribution in [-0.4, -0.2) is 59.3 Å². The van der Waals surface area contributed by atoms with Crippen LogP contribution in [-0.2, 0) is 17.8 Å². The van der Waals surface area contributed by atoms with Crippen LogP contribution < -0.4 is 5.32 Å². The molecule has 1 aliphatic heterocycles. The van der Waals surface area contributed by atoms with Crippen LogP contribution in [0.4, 0.5) is 0 Å². The lowest BCUT2D eigenvalue weighted by Gasteiger charge is -2.33. The Hall–Kier alpha value is -0.980. The molecular weight excluding hydrogens is 242 g/mol. The molecule has 0 saturated carbocycles. The maximum atomic E-state index is 5.82. The molecule has 0 bridgehead atoms. The molecule has 2 heterocycles. The lowest BCUT2D eigenvalue weighted by molar-refractivity contribution is -0.0406. The Bertz CT molecular complexity index is 379. The third kappa shape index (κ3) is 4.56. The zero-order valence-corrected chi connectivity index (χ0v) is 12.2. The SMILES string of the molecule is CNCc1cn(CC2CN(CC(C)C)CCO2)nn1. The second-order valence-corrected chi connectivity index (χ2v) is 5.61. The minimum atomic E-state index is 0.219. The van der Waals surface area contributed by atoms with E-state index in [1.807, 2.05) is 17.9 Å². The Kier molecular flexibility index (Phi) is 5.30. The van der Waals surface area contributed by atoms with Gasteiger partial charge in [-0.05, 0) is 13.0 Å². The van der Waals surface area contributed by atoms with Crippen molar-refractivity contribution < 1.29 is 4.74 Å². The van der Waals surface area contributed by atoms with E-state index in [0.29, 0.717) is 5.92 Å². The summed E-state index contributed by atoms with van der Waals surface area (Å²) in [7, 11) is 1.91. The smallest absolute Gasteiger partial charge is 0.0964 e. The second kappa shape index (κ2) is 6.98. The van der Waals surface area contributed by atoms with Crippen molar-refractivity contribution in [2.75, 3.05) is 33.3 Å². The fourth-order valence-corrected chi connectivity index (χ4v) is 2.47. The summed E-state index contributed by atoms with van der Waals surface area (Å²) in [4.78, 5) is 2.48. The van der Waals surface area contributed by atoms with E-state index in [-0.39, 0.29) is 6.10 Å². The summed E-state index contributed by atoms with van der Waals surface area (Å²) in [5.41, 5.74) is 0.970. The molecule has 1 aromatic heterocycles. The normalized spacial score (nSPS) is 21.2. The Morgan fingerprint density at radius 3 is 3.11 bits per heavy atom. The lowest BCUT2D eigenvalue weighted by atomic mass is 10.2. The van der Waals surface area contributed by atoms with Crippen LogP contribution in [0.15, 0.2) is 6.20 Å². The van der Waals surface area contributed by atoms with E-state index in [1.54, 1.807) is 0 Å². The van der Waals surface area contributed by atoms with E-state index in [9.17, 15) is 0 Å². The van der Waals surface area contributed by atoms with Crippen LogP contribution in [0.5, 0.6) is 0 Å². The van der Waals surface area contributed by atoms with Crippen molar-refractivity contribution >= 4 is 0 Å². The predicted octanol–water partition coefficient (Wildman–Crippen LogP) is 0.354. The van der Waals surface area contributed by atoms with Gasteiger partial charge in [-0.1, -0.05) is 19.1 Å². The molecule has 1 unspecified atom stereocenters. The largest absolute Gasteiger partial charge is 0.374 e. The van der Waals surface area contributed by atoms with Gasteiger partial charge >= 0.3 is 0 Å². The van der Waals surface area contributed by atoms with Gasteiger partial charge in [0.05, 0.1) is 24.9 Å². The van der Waals surface area contributed by atoms with Crippen LogP contribution in [0.2, 0.25) is 0 Å². The molecule has 0 radical (unpaired) electrons. The molecular formula is C13H25N5O. The molecule has 108 valence electrons. The van der Waals surface area contributed by atoms with Gasteiger partial charge in [-0.15, -0.1) is 5.10 Å². The average molecular weight is 267 g/mol. The molecule has 1 N–H and O–H groups in total. The highest BCUT2D eigenvalue weighted by molar-refractivity contribution is 4.91. The van der Waals surface area contributed by atoms with Gasteiger partial charge < -0.3 is 10.1 Å². The maximum absolute atomic E-state index is 5.82. The minimum Gasteiger partial charge on any atom is -0.374 e. The van der Waals surface area contributed by atoms with Crippen LogP contribution in [0, 0.1) is 5.92 Å². The van der Waals surface area contributed by atoms with Gasteiger partial charge in [-0.3, -0.25) is 4.90 Å². The average Bonchev–Trinajstić information content (AvgIpc) is 2.76. The second-order valence-electron chi connectivity index (χ2n) is 5.61. The van der Waals surface area contributed by atoms with Crippen molar-refractivity contribution in [3.8, 4) is 0 Å². The Morgan fingerprint density at radius 2 is 2.37 bits per heavy atom. The molecule has 0 amide bonds. The van der Waals surface area contributed by atoms with Crippen LogP contribution in [0.25, 0.3) is 0 Å². The van der Waals surface area contributed by atoms with E-state index in [0.717, 1.165) is 45.0 Å². The van der Waals surface area contributed by atoms with Crippen molar-refractivity contribution in [3.63, 3.8) is 0 Å². The van der Waals surface area contributed by atoms with Crippen molar-refractivity contribution in [2.45, 2.75) is 33.0 Å². The van der Waals surface area contributed by atoms with Crippen molar-refractivity contribution in [1.29, 1.82) is 0 Å². The first-order valence-corrected chi connectivity index (χ1v) is 7.05. The van der Waals surface area contributed by atoms with Gasteiger partial charge in [0, 0.05) is 32.4 Å². The molecule has 19 heavy (non-hydrogen) atoms. The molecule has 1 aromatic rings. The van der Waals surface area contributed by atoms with Gasteiger partial charge in [-0.25, -0.2) is 4.68 Å². The molecule has 1 fully saturated rings. The van der Waals surface area contributed by atoms with Crippen molar-refractivity contribution in [2.24, 2.45) is 5.92 Å². The van der Waals surface area contributed by atoms with Crippen LogP contribution in [0.1, 0.15) is 19.5 Å². The lowest BCUT2D eigenvalue weighted by Crippen LogP contribution is -2.45. The summed E-state index contributed by atoms with van der Waals surface area (Å²) in [5.74, 6) is 0.701. The summed E-state index contributed by atoms with van der Waals surface area (Å²) in [6.07, 6.45) is 2.21. The minimum absolute atomic E-state index is 0.219. The summed E-state index contributed by atoms with van der Waals surface area (Å²) in [6, 6.07) is 0. The molecule has 2 rings (SSSR count). The summed E-state index contributed by atoms with van der Waals surface area (Å²) >= 11 is 0. The standard InChI is InChI=1S/C13H25N5O/c1-11(2)7-17-4-5-19-13(9-17)10-18-8-12(6-14-3)15-16-18/h8,11,13-14H,4-7,9-10H2,1-3H3. The first-order chi connectivity index (χ1) is 9.17. The van der Waals surface area contributed by atoms with E-state index in [4.69, 9.17) is 4.74 Å². The summed E-state index contributed by atoms with van der Waals surface area (Å²) < 4.78 is 7.70. The number of aromatic nitrogens is 3. The zero-order chi connectivity index (χ0) is 13.7. The van der Waals surface area contributed by atoms with E-state index in [1.165, 1.54) is 0 Å². The van der Waals surface area contributed by atoms with Gasteiger partial charge in [-0.2, -0.15) is 0 Å². The quantitative estimate of drug-likeness (QED) is 0.806. The van der Waals surface area contributed by atoms with E-state index < -0.39 is 0 Å². The van der Waals surface area contributed by atoms with Gasteiger partial charge in [0.1, 0.15) is 0 Å². The molecule has 1 saturated heterocycles. The number of ether oxygens (including phenoxy) is 1. The molecule has 6 heteroatoms. The number of hydrogen-bond acceptors (Lipinski definition) is 5. The van der Waals surface area contributed by atoms with Gasteiger partial charge in [0.2, 0.25) is 0 Å². The highest BCUT2D eigenvalue weighted by Gasteiger charge is 2.21. The maximum Gasteiger partial charge on any atom is 0.0964 e. The molecule has 0 aromatic carbocycles. The molecule has 6 nitrogen and oxygen atoms in total. The first-order valence-electron chi connectivity index (χ1n) is 7.05. The monoisotopic (exact) mass is 267 g/mol. The Morgan fingerprint density at radius 1 is 1.53 bits per heavy atom. The zero-order valence-electron chi connectivity index (χ0n) is 12.2. The number of morpholine rings is 1. The third-order valence-corrected chi connectivity index (χ3v) is 3.18. The molecule has 1 atom stereocenters. The topological polar surface area (TPSA) is 55.2 Å². The number of rotatable bonds is 6. The number of nitrogens with one attached hydrogen (secondary N) is 1. The fraction of sp³-hybridized carbons (Fsp3) is 0.846. The first kappa shape index (κ1) is 14.4. The molecule has 0 aliphatic carbocycles. The Balaban J connectivity index is 1.83.